The van der Waals surface area contributed by atoms with E-state index >= 15 is 0 Å². The molecule has 0 radical (unpaired) electrons. The zero-order valence-electron chi connectivity index (χ0n) is 16.8. The number of aliphatic hydroxyl groups excluding tert-OH is 1. The van der Waals surface area contributed by atoms with E-state index in [4.69, 9.17) is 4.74 Å². The molecule has 5 unspecified atom stereocenters. The summed E-state index contributed by atoms with van der Waals surface area (Å²) in [5, 5.41) is 40.6. The number of phenolic OH excluding ortho intramolecular Hbond substituents is 1. The van der Waals surface area contributed by atoms with Gasteiger partial charge in [0, 0.05) is 11.5 Å². The number of methoxy groups -OCH3 is 1. The summed E-state index contributed by atoms with van der Waals surface area (Å²) in [7, 11) is 1.36. The first-order valence-corrected chi connectivity index (χ1v) is 9.67. The van der Waals surface area contributed by atoms with E-state index in [1.165, 1.54) is 13.2 Å². The Morgan fingerprint density at radius 2 is 1.86 bits per heavy atom. The highest BCUT2D eigenvalue weighted by Gasteiger charge is 2.39. The number of fused-ring (bicyclic) bond motifs is 1. The number of rotatable bonds is 7. The average molecular weight is 394 g/mol. The van der Waals surface area contributed by atoms with Gasteiger partial charge in [0.15, 0.2) is 11.5 Å². The maximum atomic E-state index is 11.5. The number of carboxylic acid groups (broad SMARTS) is 1. The van der Waals surface area contributed by atoms with Crippen LogP contribution in [0.15, 0.2) is 6.07 Å². The van der Waals surface area contributed by atoms with Gasteiger partial charge in [-0.2, -0.15) is 0 Å². The van der Waals surface area contributed by atoms with Crippen LogP contribution in [-0.2, 0) is 9.53 Å². The highest BCUT2D eigenvalue weighted by Crippen LogP contribution is 2.50. The van der Waals surface area contributed by atoms with Gasteiger partial charge in [0.1, 0.15) is 5.56 Å². The fraction of sp³-hybridized carbons (Fsp3) is 0.619. The molecule has 7 heteroatoms. The van der Waals surface area contributed by atoms with Crippen molar-refractivity contribution in [3.8, 4) is 11.5 Å². The summed E-state index contributed by atoms with van der Waals surface area (Å²) in [6.07, 6.45) is 1.87. The molecule has 1 aliphatic carbocycles. The Hall–Kier alpha value is -2.28. The van der Waals surface area contributed by atoms with Crippen LogP contribution in [0.4, 0.5) is 0 Å². The summed E-state index contributed by atoms with van der Waals surface area (Å²) in [6.45, 7) is 5.62. The number of hydrogen-bond acceptors (Lipinski definition) is 6. The summed E-state index contributed by atoms with van der Waals surface area (Å²) >= 11 is 0. The fourth-order valence-electron chi connectivity index (χ4n) is 4.41. The van der Waals surface area contributed by atoms with E-state index in [0.717, 1.165) is 12.8 Å². The smallest absolute Gasteiger partial charge is 0.339 e. The molecule has 1 aliphatic rings. The molecule has 156 valence electrons. The summed E-state index contributed by atoms with van der Waals surface area (Å²) < 4.78 is 4.74. The zero-order chi connectivity index (χ0) is 21.2. The number of benzene rings is 1. The molecular formula is C21H30O7. The molecular weight excluding hydrogens is 364 g/mol. The predicted molar refractivity (Wildman–Crippen MR) is 103 cm³/mol. The minimum absolute atomic E-state index is 0.00307. The van der Waals surface area contributed by atoms with Crippen LogP contribution in [0.3, 0.4) is 0 Å². The molecule has 4 N–H and O–H groups in total. The Kier molecular flexibility index (Phi) is 6.93. The van der Waals surface area contributed by atoms with E-state index in [2.05, 4.69) is 0 Å². The molecule has 0 saturated heterocycles. The van der Waals surface area contributed by atoms with Crippen LogP contribution in [0.2, 0.25) is 0 Å². The third-order valence-electron chi connectivity index (χ3n) is 5.95. The van der Waals surface area contributed by atoms with Crippen LogP contribution in [0.25, 0.3) is 0 Å². The molecule has 0 saturated carbocycles. The average Bonchev–Trinajstić information content (AvgIpc) is 2.62. The van der Waals surface area contributed by atoms with Crippen molar-refractivity contribution in [3.63, 3.8) is 0 Å². The third kappa shape index (κ3) is 4.24. The first-order chi connectivity index (χ1) is 13.1. The molecule has 0 aliphatic heterocycles. The van der Waals surface area contributed by atoms with E-state index in [1.807, 2.05) is 20.8 Å². The Balaban J connectivity index is 2.29. The van der Waals surface area contributed by atoms with E-state index in [9.17, 15) is 30.0 Å². The van der Waals surface area contributed by atoms with E-state index in [0.29, 0.717) is 24.0 Å². The SMILES string of the molecule is COC(=O)C(C)CCCC(C)C1c2cc(C(=O)O)c(O)c(O)c2C(C)CC1O. The molecule has 2 rings (SSSR count). The lowest BCUT2D eigenvalue weighted by molar-refractivity contribution is -0.145. The first-order valence-electron chi connectivity index (χ1n) is 9.67. The molecule has 0 bridgehead atoms. The van der Waals surface area contributed by atoms with Crippen LogP contribution in [0.5, 0.6) is 11.5 Å². The van der Waals surface area contributed by atoms with Gasteiger partial charge in [-0.15, -0.1) is 0 Å². The molecule has 1 aromatic rings. The second kappa shape index (κ2) is 8.82. The van der Waals surface area contributed by atoms with Crippen molar-refractivity contribution < 1.29 is 34.8 Å². The minimum atomic E-state index is -1.33. The molecule has 0 aromatic heterocycles. The number of hydrogen-bond donors (Lipinski definition) is 4. The minimum Gasteiger partial charge on any atom is -0.504 e. The third-order valence-corrected chi connectivity index (χ3v) is 5.95. The Labute approximate surface area is 165 Å². The van der Waals surface area contributed by atoms with E-state index in [-0.39, 0.29) is 35.2 Å². The monoisotopic (exact) mass is 394 g/mol. The van der Waals surface area contributed by atoms with Crippen LogP contribution >= 0.6 is 0 Å². The van der Waals surface area contributed by atoms with Gasteiger partial charge in [0.2, 0.25) is 0 Å². The standard InChI is InChI=1S/C21H30O7/c1-10(6-5-7-11(2)21(27)28-4)16-13-9-14(20(25)26)18(23)19(24)17(13)12(3)8-15(16)22/h9-12,15-16,22-24H,5-8H2,1-4H3,(H,25,26). The second-order valence-corrected chi connectivity index (χ2v) is 7.99. The first kappa shape index (κ1) is 22.0. The van der Waals surface area contributed by atoms with Crippen LogP contribution in [0.1, 0.15) is 79.8 Å². The number of aliphatic hydroxyl groups is 1. The van der Waals surface area contributed by atoms with Crippen LogP contribution < -0.4 is 0 Å². The quantitative estimate of drug-likeness (QED) is 0.413. The largest absolute Gasteiger partial charge is 0.504 e. The molecule has 0 fully saturated rings. The summed E-state index contributed by atoms with van der Waals surface area (Å²) in [6, 6.07) is 1.38. The number of carboxylic acids is 1. The number of phenols is 2. The van der Waals surface area contributed by atoms with Crippen molar-refractivity contribution in [1.82, 2.24) is 0 Å². The second-order valence-electron chi connectivity index (χ2n) is 7.99. The molecule has 0 heterocycles. The van der Waals surface area contributed by atoms with Crippen molar-refractivity contribution >= 4 is 11.9 Å². The van der Waals surface area contributed by atoms with Gasteiger partial charge < -0.3 is 25.2 Å². The maximum Gasteiger partial charge on any atom is 0.339 e. The number of aromatic carboxylic acids is 1. The zero-order valence-corrected chi connectivity index (χ0v) is 16.8. The van der Waals surface area contributed by atoms with Gasteiger partial charge in [-0.05, 0) is 36.3 Å². The number of carbonyl (C=O) groups is 2. The predicted octanol–water partition coefficient (Wildman–Crippen LogP) is 3.36. The fourth-order valence-corrected chi connectivity index (χ4v) is 4.41. The van der Waals surface area contributed by atoms with Gasteiger partial charge in [0.05, 0.1) is 19.1 Å². The van der Waals surface area contributed by atoms with Crippen molar-refractivity contribution in [2.45, 2.75) is 64.4 Å². The Bertz CT molecular complexity index is 743. The summed E-state index contributed by atoms with van der Waals surface area (Å²) in [4.78, 5) is 23.0. The van der Waals surface area contributed by atoms with E-state index < -0.39 is 23.6 Å². The number of esters is 1. The van der Waals surface area contributed by atoms with Gasteiger partial charge in [0.25, 0.3) is 0 Å². The number of ether oxygens (including phenoxy) is 1. The van der Waals surface area contributed by atoms with Crippen molar-refractivity contribution in [2.24, 2.45) is 11.8 Å². The van der Waals surface area contributed by atoms with Crippen molar-refractivity contribution in [3.05, 3.63) is 22.8 Å². The van der Waals surface area contributed by atoms with E-state index in [1.54, 1.807) is 0 Å². The number of carbonyl (C=O) groups excluding carboxylic acids is 1. The molecule has 0 amide bonds. The summed E-state index contributed by atoms with van der Waals surface area (Å²) in [5.74, 6) is -3.40. The highest BCUT2D eigenvalue weighted by atomic mass is 16.5. The Morgan fingerprint density at radius 1 is 1.21 bits per heavy atom. The number of aromatic hydroxyl groups is 2. The molecule has 28 heavy (non-hydrogen) atoms. The molecule has 1 aromatic carbocycles. The van der Waals surface area contributed by atoms with Crippen molar-refractivity contribution in [2.75, 3.05) is 7.11 Å². The normalized spacial score (nSPS) is 23.5. The van der Waals surface area contributed by atoms with Crippen molar-refractivity contribution in [1.29, 1.82) is 0 Å². The lowest BCUT2D eigenvalue weighted by Gasteiger charge is -2.38. The van der Waals surface area contributed by atoms with Gasteiger partial charge in [-0.1, -0.05) is 33.6 Å². The van der Waals surface area contributed by atoms with Gasteiger partial charge in [-0.3, -0.25) is 4.79 Å². The molecule has 5 atom stereocenters. The highest BCUT2D eigenvalue weighted by molar-refractivity contribution is 5.92. The Morgan fingerprint density at radius 3 is 2.43 bits per heavy atom. The van der Waals surface area contributed by atoms with Crippen LogP contribution in [0, 0.1) is 11.8 Å². The topological polar surface area (TPSA) is 124 Å². The van der Waals surface area contributed by atoms with Crippen LogP contribution in [-0.4, -0.2) is 45.6 Å². The lowest BCUT2D eigenvalue weighted by Crippen LogP contribution is -2.32. The van der Waals surface area contributed by atoms with Gasteiger partial charge >= 0.3 is 11.9 Å². The molecule has 0 spiro atoms. The molecule has 7 nitrogen and oxygen atoms in total. The lowest BCUT2D eigenvalue weighted by atomic mass is 9.69. The maximum absolute atomic E-state index is 11.5. The van der Waals surface area contributed by atoms with Gasteiger partial charge in [-0.25, -0.2) is 4.79 Å². The summed E-state index contributed by atoms with van der Waals surface area (Å²) in [5.41, 5.74) is 0.717.